The zero-order valence-corrected chi connectivity index (χ0v) is 13.4. The minimum atomic E-state index is -4.03. The second kappa shape index (κ2) is 5.27. The van der Waals surface area contributed by atoms with Crippen molar-refractivity contribution in [2.24, 2.45) is 0 Å². The van der Waals surface area contributed by atoms with Gasteiger partial charge in [0.15, 0.2) is 23.8 Å². The summed E-state index contributed by atoms with van der Waals surface area (Å²) in [5.41, 5.74) is 0. The highest BCUT2D eigenvalue weighted by molar-refractivity contribution is 8.10. The quantitative estimate of drug-likeness (QED) is 0.867. The molecule has 4 nitrogen and oxygen atoms in total. The molecule has 0 radical (unpaired) electrons. The molecule has 0 heterocycles. The van der Waals surface area contributed by atoms with Gasteiger partial charge in [0, 0.05) is 0 Å². The van der Waals surface area contributed by atoms with Crippen molar-refractivity contribution >= 4 is 19.7 Å². The van der Waals surface area contributed by atoms with Crippen molar-refractivity contribution in [1.82, 2.24) is 0 Å². The van der Waals surface area contributed by atoms with E-state index in [0.29, 0.717) is 0 Å². The molecule has 2 aromatic rings. The van der Waals surface area contributed by atoms with E-state index in [1.807, 2.05) is 0 Å². The van der Waals surface area contributed by atoms with Crippen LogP contribution in [0.4, 0.5) is 0 Å². The number of rotatable bonds is 4. The van der Waals surface area contributed by atoms with Crippen LogP contribution in [0.15, 0.2) is 70.5 Å². The maximum absolute atomic E-state index is 12.7. The fourth-order valence-electron chi connectivity index (χ4n) is 1.91. The minimum Gasteiger partial charge on any atom is -0.222 e. The van der Waals surface area contributed by atoms with E-state index in [1.165, 1.54) is 38.1 Å². The van der Waals surface area contributed by atoms with Crippen LogP contribution in [-0.4, -0.2) is 20.9 Å². The lowest BCUT2D eigenvalue weighted by Crippen LogP contribution is -2.40. The summed E-state index contributed by atoms with van der Waals surface area (Å²) in [7, 11) is -8.06. The average Bonchev–Trinajstić information content (AvgIpc) is 2.48. The van der Waals surface area contributed by atoms with E-state index in [9.17, 15) is 16.8 Å². The lowest BCUT2D eigenvalue weighted by Gasteiger charge is -2.25. The molecule has 0 bridgehead atoms. The Labute approximate surface area is 125 Å². The van der Waals surface area contributed by atoms with Crippen molar-refractivity contribution in [2.45, 2.75) is 27.7 Å². The molecule has 112 valence electrons. The number of hydrogen-bond donors (Lipinski definition) is 0. The standard InChI is InChI=1S/C15H16O4S2/c1-15(2,20(16,17)13-9-5-3-6-10-13)21(18,19)14-11-7-4-8-12-14/h3-12H,1-2H3. The smallest absolute Gasteiger partial charge is 0.198 e. The van der Waals surface area contributed by atoms with Gasteiger partial charge >= 0.3 is 0 Å². The molecule has 0 atom stereocenters. The molecule has 21 heavy (non-hydrogen) atoms. The van der Waals surface area contributed by atoms with Gasteiger partial charge in [-0.2, -0.15) is 0 Å². The summed E-state index contributed by atoms with van der Waals surface area (Å²) in [6, 6.07) is 15.2. The fraction of sp³-hybridized carbons (Fsp3) is 0.200. The molecule has 0 aromatic heterocycles. The van der Waals surface area contributed by atoms with Crippen molar-refractivity contribution < 1.29 is 16.8 Å². The molecular weight excluding hydrogens is 308 g/mol. The first-order valence-corrected chi connectivity index (χ1v) is 9.27. The fourth-order valence-corrected chi connectivity index (χ4v) is 5.81. The van der Waals surface area contributed by atoms with Crippen LogP contribution in [0.2, 0.25) is 0 Å². The van der Waals surface area contributed by atoms with Gasteiger partial charge in [0.1, 0.15) is 0 Å². The van der Waals surface area contributed by atoms with Gasteiger partial charge in [0.05, 0.1) is 9.79 Å². The molecule has 2 rings (SSSR count). The predicted molar refractivity (Wildman–Crippen MR) is 81.3 cm³/mol. The van der Waals surface area contributed by atoms with Crippen LogP contribution in [-0.2, 0) is 19.7 Å². The van der Waals surface area contributed by atoms with E-state index in [0.717, 1.165) is 0 Å². The van der Waals surface area contributed by atoms with Crippen LogP contribution < -0.4 is 0 Å². The lowest BCUT2D eigenvalue weighted by atomic mass is 10.4. The number of benzene rings is 2. The predicted octanol–water partition coefficient (Wildman–Crippen LogP) is 2.67. The molecular formula is C15H16O4S2. The summed E-state index contributed by atoms with van der Waals surface area (Å²) < 4.78 is 48.8. The van der Waals surface area contributed by atoms with Gasteiger partial charge in [-0.15, -0.1) is 0 Å². The summed E-state index contributed by atoms with van der Waals surface area (Å²) in [5, 5.41) is 0. The Morgan fingerprint density at radius 3 is 1.19 bits per heavy atom. The summed E-state index contributed by atoms with van der Waals surface area (Å²) in [5.74, 6) is 0. The third kappa shape index (κ3) is 2.49. The molecule has 0 aliphatic heterocycles. The van der Waals surface area contributed by atoms with Crippen molar-refractivity contribution in [3.8, 4) is 0 Å². The zero-order valence-electron chi connectivity index (χ0n) is 11.7. The molecule has 0 saturated carbocycles. The third-order valence-electron chi connectivity index (χ3n) is 3.40. The summed E-state index contributed by atoms with van der Waals surface area (Å²) >= 11 is 0. The SMILES string of the molecule is CC(C)(S(=O)(=O)c1ccccc1)S(=O)(=O)c1ccccc1. The van der Waals surface area contributed by atoms with E-state index in [4.69, 9.17) is 0 Å². The lowest BCUT2D eigenvalue weighted by molar-refractivity contribution is 0.555. The van der Waals surface area contributed by atoms with E-state index < -0.39 is 23.8 Å². The molecule has 6 heteroatoms. The normalized spacial score (nSPS) is 13.0. The first kappa shape index (κ1) is 15.7. The monoisotopic (exact) mass is 324 g/mol. The van der Waals surface area contributed by atoms with Crippen LogP contribution in [0.5, 0.6) is 0 Å². The van der Waals surface area contributed by atoms with Gasteiger partial charge < -0.3 is 0 Å². The zero-order chi connectivity index (χ0) is 15.7. The van der Waals surface area contributed by atoms with Crippen LogP contribution in [0.25, 0.3) is 0 Å². The second-order valence-corrected chi connectivity index (χ2v) is 10.3. The first-order valence-electron chi connectivity index (χ1n) is 6.30. The largest absolute Gasteiger partial charge is 0.222 e. The summed E-state index contributed by atoms with van der Waals surface area (Å²) in [6.07, 6.45) is 0. The number of hydrogen-bond acceptors (Lipinski definition) is 4. The Kier molecular flexibility index (Phi) is 3.95. The highest BCUT2D eigenvalue weighted by atomic mass is 32.3. The molecule has 0 aliphatic carbocycles. The Bertz CT molecular complexity index is 750. The highest BCUT2D eigenvalue weighted by Crippen LogP contribution is 2.34. The van der Waals surface area contributed by atoms with E-state index in [-0.39, 0.29) is 9.79 Å². The maximum Gasteiger partial charge on any atom is 0.198 e. The molecule has 2 aromatic carbocycles. The minimum absolute atomic E-state index is 0.00509. The van der Waals surface area contributed by atoms with Crippen molar-refractivity contribution in [2.75, 3.05) is 0 Å². The molecule has 0 unspecified atom stereocenters. The van der Waals surface area contributed by atoms with Crippen LogP contribution >= 0.6 is 0 Å². The Hall–Kier alpha value is -1.66. The number of sulfone groups is 2. The summed E-state index contributed by atoms with van der Waals surface area (Å²) in [4.78, 5) is -0.0102. The van der Waals surface area contributed by atoms with Crippen LogP contribution in [0.3, 0.4) is 0 Å². The molecule has 0 spiro atoms. The Morgan fingerprint density at radius 2 is 0.905 bits per heavy atom. The molecule has 0 aliphatic rings. The van der Waals surface area contributed by atoms with Gasteiger partial charge in [0.2, 0.25) is 0 Å². The van der Waals surface area contributed by atoms with Crippen molar-refractivity contribution in [1.29, 1.82) is 0 Å². The molecule has 0 saturated heterocycles. The molecule has 0 fully saturated rings. The molecule has 0 N–H and O–H groups in total. The van der Waals surface area contributed by atoms with Crippen molar-refractivity contribution in [3.05, 3.63) is 60.7 Å². The Morgan fingerprint density at radius 1 is 0.619 bits per heavy atom. The van der Waals surface area contributed by atoms with Crippen molar-refractivity contribution in [3.63, 3.8) is 0 Å². The van der Waals surface area contributed by atoms with E-state index >= 15 is 0 Å². The Balaban J connectivity index is 2.62. The molecule has 0 amide bonds. The first-order chi connectivity index (χ1) is 9.71. The third-order valence-corrected chi connectivity index (χ3v) is 9.09. The van der Waals surface area contributed by atoms with Gasteiger partial charge in [-0.05, 0) is 38.1 Å². The van der Waals surface area contributed by atoms with Gasteiger partial charge in [-0.1, -0.05) is 36.4 Å². The van der Waals surface area contributed by atoms with Crippen LogP contribution in [0.1, 0.15) is 13.8 Å². The maximum atomic E-state index is 12.7. The van der Waals surface area contributed by atoms with Gasteiger partial charge in [0.25, 0.3) is 0 Å². The topological polar surface area (TPSA) is 68.3 Å². The van der Waals surface area contributed by atoms with Gasteiger partial charge in [-0.3, -0.25) is 0 Å². The summed E-state index contributed by atoms with van der Waals surface area (Å²) in [6.45, 7) is 2.44. The second-order valence-electron chi connectivity index (χ2n) is 5.03. The van der Waals surface area contributed by atoms with E-state index in [2.05, 4.69) is 0 Å². The highest BCUT2D eigenvalue weighted by Gasteiger charge is 2.48. The van der Waals surface area contributed by atoms with Gasteiger partial charge in [-0.25, -0.2) is 16.8 Å². The average molecular weight is 324 g/mol. The van der Waals surface area contributed by atoms with Crippen LogP contribution in [0, 0.1) is 0 Å². The van der Waals surface area contributed by atoms with E-state index in [1.54, 1.807) is 36.4 Å².